The summed E-state index contributed by atoms with van der Waals surface area (Å²) in [6.07, 6.45) is 5.13. The van der Waals surface area contributed by atoms with Crippen LogP contribution in [0, 0.1) is 0 Å². The Morgan fingerprint density at radius 3 is 2.32 bits per heavy atom. The van der Waals surface area contributed by atoms with Gasteiger partial charge in [0, 0.05) is 18.7 Å². The Bertz CT molecular complexity index is 607. The lowest BCUT2D eigenvalue weighted by Gasteiger charge is -2.30. The second-order valence-corrected chi connectivity index (χ2v) is 7.47. The highest BCUT2D eigenvalue weighted by Crippen LogP contribution is 2.26. The van der Waals surface area contributed by atoms with Crippen LogP contribution < -0.4 is 5.48 Å². The SMILES string of the molecule is CONC(=O)c1ccc(S(=O)(=O)N(C)C2CCCCC2)cc1. The number of hydroxylamine groups is 1. The number of nitrogens with one attached hydrogen (secondary N) is 1. The van der Waals surface area contributed by atoms with E-state index < -0.39 is 15.9 Å². The molecular formula is C15H22N2O4S. The third kappa shape index (κ3) is 3.66. The van der Waals surface area contributed by atoms with Crippen molar-refractivity contribution < 1.29 is 18.0 Å². The number of benzene rings is 1. The minimum Gasteiger partial charge on any atom is -0.277 e. The van der Waals surface area contributed by atoms with E-state index in [-0.39, 0.29) is 10.9 Å². The highest BCUT2D eigenvalue weighted by molar-refractivity contribution is 7.89. The molecule has 0 spiro atoms. The van der Waals surface area contributed by atoms with Crippen LogP contribution >= 0.6 is 0 Å². The summed E-state index contributed by atoms with van der Waals surface area (Å²) in [4.78, 5) is 16.3. The van der Waals surface area contributed by atoms with Gasteiger partial charge in [0.2, 0.25) is 10.0 Å². The molecule has 1 aliphatic rings. The maximum Gasteiger partial charge on any atom is 0.274 e. The third-order valence-electron chi connectivity index (χ3n) is 4.08. The number of rotatable bonds is 5. The van der Waals surface area contributed by atoms with Gasteiger partial charge in [0.05, 0.1) is 12.0 Å². The van der Waals surface area contributed by atoms with Crippen LogP contribution in [0.4, 0.5) is 0 Å². The highest BCUT2D eigenvalue weighted by atomic mass is 32.2. The molecule has 0 saturated heterocycles. The van der Waals surface area contributed by atoms with E-state index in [1.165, 1.54) is 42.1 Å². The number of hydrogen-bond donors (Lipinski definition) is 1. The van der Waals surface area contributed by atoms with Gasteiger partial charge < -0.3 is 0 Å². The number of hydrogen-bond acceptors (Lipinski definition) is 4. The number of sulfonamides is 1. The maximum absolute atomic E-state index is 12.6. The number of nitrogens with zero attached hydrogens (tertiary/aromatic N) is 1. The van der Waals surface area contributed by atoms with Crippen LogP contribution in [-0.4, -0.2) is 38.8 Å². The Morgan fingerprint density at radius 2 is 1.77 bits per heavy atom. The molecule has 0 bridgehead atoms. The lowest BCUT2D eigenvalue weighted by molar-refractivity contribution is 0.0537. The smallest absolute Gasteiger partial charge is 0.274 e. The molecule has 7 heteroatoms. The van der Waals surface area contributed by atoms with Crippen LogP contribution in [0.5, 0.6) is 0 Å². The molecule has 6 nitrogen and oxygen atoms in total. The topological polar surface area (TPSA) is 75.7 Å². The number of carbonyl (C=O) groups is 1. The Balaban J connectivity index is 2.16. The molecule has 0 radical (unpaired) electrons. The molecule has 2 rings (SSSR count). The van der Waals surface area contributed by atoms with Crippen molar-refractivity contribution in [2.75, 3.05) is 14.2 Å². The number of amides is 1. The Morgan fingerprint density at radius 1 is 1.18 bits per heavy atom. The summed E-state index contributed by atoms with van der Waals surface area (Å²) < 4.78 is 26.7. The van der Waals surface area contributed by atoms with Gasteiger partial charge in [0.1, 0.15) is 0 Å². The van der Waals surface area contributed by atoms with Crippen molar-refractivity contribution in [1.29, 1.82) is 0 Å². The summed E-state index contributed by atoms with van der Waals surface area (Å²) in [5, 5.41) is 0. The lowest BCUT2D eigenvalue weighted by atomic mass is 9.96. The fourth-order valence-corrected chi connectivity index (χ4v) is 4.15. The lowest BCUT2D eigenvalue weighted by Crippen LogP contribution is -2.38. The average Bonchev–Trinajstić information content (AvgIpc) is 2.55. The summed E-state index contributed by atoms with van der Waals surface area (Å²) in [6.45, 7) is 0. The van der Waals surface area contributed by atoms with E-state index in [1.54, 1.807) is 7.05 Å². The first-order chi connectivity index (χ1) is 10.5. The quantitative estimate of drug-likeness (QED) is 0.839. The van der Waals surface area contributed by atoms with Gasteiger partial charge in [0.25, 0.3) is 5.91 Å². The van der Waals surface area contributed by atoms with E-state index in [0.717, 1.165) is 25.7 Å². The van der Waals surface area contributed by atoms with Crippen LogP contribution in [0.2, 0.25) is 0 Å². The van der Waals surface area contributed by atoms with E-state index in [0.29, 0.717) is 5.56 Å². The Kier molecular flexibility index (Phi) is 5.55. The third-order valence-corrected chi connectivity index (χ3v) is 6.00. The molecule has 1 N–H and O–H groups in total. The van der Waals surface area contributed by atoms with E-state index in [1.807, 2.05) is 0 Å². The predicted molar refractivity (Wildman–Crippen MR) is 82.7 cm³/mol. The fourth-order valence-electron chi connectivity index (χ4n) is 2.74. The maximum atomic E-state index is 12.6. The summed E-state index contributed by atoms with van der Waals surface area (Å²) >= 11 is 0. The first-order valence-corrected chi connectivity index (χ1v) is 8.82. The van der Waals surface area contributed by atoms with Crippen molar-refractivity contribution in [1.82, 2.24) is 9.79 Å². The monoisotopic (exact) mass is 326 g/mol. The van der Waals surface area contributed by atoms with E-state index in [9.17, 15) is 13.2 Å². The van der Waals surface area contributed by atoms with Gasteiger partial charge in [0.15, 0.2) is 0 Å². The summed E-state index contributed by atoms with van der Waals surface area (Å²) in [5.41, 5.74) is 2.54. The van der Waals surface area contributed by atoms with Crippen molar-refractivity contribution in [3.05, 3.63) is 29.8 Å². The fraction of sp³-hybridized carbons (Fsp3) is 0.533. The van der Waals surface area contributed by atoms with Crippen LogP contribution in [0.3, 0.4) is 0 Å². The first-order valence-electron chi connectivity index (χ1n) is 7.38. The molecule has 0 heterocycles. The van der Waals surface area contributed by atoms with Gasteiger partial charge in [-0.2, -0.15) is 4.31 Å². The van der Waals surface area contributed by atoms with Crippen molar-refractivity contribution in [2.45, 2.75) is 43.0 Å². The molecule has 0 unspecified atom stereocenters. The van der Waals surface area contributed by atoms with Crippen molar-refractivity contribution in [3.63, 3.8) is 0 Å². The zero-order valence-electron chi connectivity index (χ0n) is 12.9. The molecule has 22 heavy (non-hydrogen) atoms. The molecule has 1 aromatic rings. The van der Waals surface area contributed by atoms with E-state index >= 15 is 0 Å². The van der Waals surface area contributed by atoms with Crippen molar-refractivity contribution >= 4 is 15.9 Å². The van der Waals surface area contributed by atoms with Crippen LogP contribution in [0.15, 0.2) is 29.2 Å². The second kappa shape index (κ2) is 7.21. The van der Waals surface area contributed by atoms with Crippen molar-refractivity contribution in [2.24, 2.45) is 0 Å². The molecule has 122 valence electrons. The van der Waals surface area contributed by atoms with Gasteiger partial charge in [-0.15, -0.1) is 0 Å². The summed E-state index contributed by atoms with van der Waals surface area (Å²) in [6, 6.07) is 5.94. The largest absolute Gasteiger partial charge is 0.277 e. The molecule has 1 saturated carbocycles. The van der Waals surface area contributed by atoms with Gasteiger partial charge >= 0.3 is 0 Å². The molecule has 1 aromatic carbocycles. The normalized spacial score (nSPS) is 16.7. The molecule has 0 aromatic heterocycles. The highest BCUT2D eigenvalue weighted by Gasteiger charge is 2.29. The van der Waals surface area contributed by atoms with Gasteiger partial charge in [-0.05, 0) is 37.1 Å². The minimum absolute atomic E-state index is 0.0650. The van der Waals surface area contributed by atoms with Gasteiger partial charge in [-0.25, -0.2) is 13.9 Å². The molecule has 0 atom stereocenters. The standard InChI is InChI=1S/C15H22N2O4S/c1-17(13-6-4-3-5-7-13)22(19,20)14-10-8-12(9-11-14)15(18)16-21-2/h8-11,13H,3-7H2,1-2H3,(H,16,18). The van der Waals surface area contributed by atoms with Crippen LogP contribution in [-0.2, 0) is 14.9 Å². The Labute approximate surface area is 131 Å². The molecule has 1 fully saturated rings. The van der Waals surface area contributed by atoms with E-state index in [2.05, 4.69) is 10.3 Å². The molecule has 0 aliphatic heterocycles. The van der Waals surface area contributed by atoms with Gasteiger partial charge in [-0.1, -0.05) is 19.3 Å². The summed E-state index contributed by atoms with van der Waals surface area (Å²) in [7, 11) is -0.544. The Hall–Kier alpha value is -1.44. The second-order valence-electron chi connectivity index (χ2n) is 5.47. The zero-order valence-corrected chi connectivity index (χ0v) is 13.7. The first kappa shape index (κ1) is 16.9. The molecule has 1 amide bonds. The minimum atomic E-state index is -3.52. The van der Waals surface area contributed by atoms with Crippen LogP contribution in [0.1, 0.15) is 42.5 Å². The molecule has 1 aliphatic carbocycles. The van der Waals surface area contributed by atoms with Gasteiger partial charge in [-0.3, -0.25) is 9.63 Å². The van der Waals surface area contributed by atoms with E-state index in [4.69, 9.17) is 0 Å². The van der Waals surface area contributed by atoms with Crippen molar-refractivity contribution in [3.8, 4) is 0 Å². The summed E-state index contributed by atoms with van der Waals surface area (Å²) in [5.74, 6) is -0.410. The number of carbonyl (C=O) groups excluding carboxylic acids is 1. The van der Waals surface area contributed by atoms with Crippen LogP contribution in [0.25, 0.3) is 0 Å². The predicted octanol–water partition coefficient (Wildman–Crippen LogP) is 1.93. The molecular weight excluding hydrogens is 304 g/mol. The zero-order chi connectivity index (χ0) is 16.2. The average molecular weight is 326 g/mol.